The topological polar surface area (TPSA) is 102 Å². The summed E-state index contributed by atoms with van der Waals surface area (Å²) < 4.78 is 7.19. The number of aryl methyl sites for hydroxylation is 1. The molecule has 0 aliphatic rings. The van der Waals surface area contributed by atoms with Crippen LogP contribution in [0.3, 0.4) is 0 Å². The van der Waals surface area contributed by atoms with E-state index in [4.69, 9.17) is 4.42 Å². The van der Waals surface area contributed by atoms with Gasteiger partial charge in [0.15, 0.2) is 5.16 Å². The van der Waals surface area contributed by atoms with Gasteiger partial charge in [-0.15, -0.1) is 10.2 Å². The fourth-order valence-corrected chi connectivity index (χ4v) is 4.23. The summed E-state index contributed by atoms with van der Waals surface area (Å²) in [5, 5.41) is 14.9. The van der Waals surface area contributed by atoms with Crippen LogP contribution in [-0.2, 0) is 17.1 Å². The number of furan rings is 1. The molecule has 8 nitrogen and oxygen atoms in total. The minimum Gasteiger partial charge on any atom is -0.467 e. The Morgan fingerprint density at radius 1 is 1.06 bits per heavy atom. The number of carbonyl (C=O) groups is 2. The molecule has 0 bridgehead atoms. The molecule has 2 aromatic carbocycles. The molecule has 2 aromatic heterocycles. The first-order chi connectivity index (χ1) is 16.0. The van der Waals surface area contributed by atoms with E-state index in [1.54, 1.807) is 18.4 Å². The fourth-order valence-electron chi connectivity index (χ4n) is 3.29. The van der Waals surface area contributed by atoms with Gasteiger partial charge in [0.05, 0.1) is 18.5 Å². The highest BCUT2D eigenvalue weighted by Gasteiger charge is 2.13. The molecule has 4 rings (SSSR count). The first kappa shape index (κ1) is 22.3. The molecule has 33 heavy (non-hydrogen) atoms. The van der Waals surface area contributed by atoms with E-state index in [1.807, 2.05) is 60.0 Å². The summed E-state index contributed by atoms with van der Waals surface area (Å²) in [4.78, 5) is 23.9. The van der Waals surface area contributed by atoms with E-state index < -0.39 is 0 Å². The third-order valence-corrected chi connectivity index (χ3v) is 5.78. The van der Waals surface area contributed by atoms with Crippen LogP contribution in [0.25, 0.3) is 5.69 Å². The van der Waals surface area contributed by atoms with E-state index in [0.717, 1.165) is 22.2 Å². The van der Waals surface area contributed by atoms with Gasteiger partial charge in [-0.05, 0) is 55.0 Å². The lowest BCUT2D eigenvalue weighted by Crippen LogP contribution is -2.22. The Bertz CT molecular complexity index is 1270. The van der Waals surface area contributed by atoms with Crippen LogP contribution in [0.5, 0.6) is 0 Å². The summed E-state index contributed by atoms with van der Waals surface area (Å²) in [5.41, 5.74) is 3.14. The van der Waals surface area contributed by atoms with Gasteiger partial charge in [0.25, 0.3) is 5.91 Å². The molecule has 4 aromatic rings. The molecule has 0 saturated heterocycles. The fraction of sp³-hybridized carbons (Fsp3) is 0.167. The Labute approximate surface area is 195 Å². The number of nitrogens with one attached hydrogen (secondary N) is 2. The number of carbonyl (C=O) groups excluding carboxylic acids is 2. The number of anilines is 1. The molecule has 0 atom stereocenters. The van der Waals surface area contributed by atoms with E-state index in [0.29, 0.717) is 29.3 Å². The van der Waals surface area contributed by atoms with E-state index in [1.165, 1.54) is 18.7 Å². The molecule has 0 radical (unpaired) electrons. The van der Waals surface area contributed by atoms with Crippen LogP contribution in [0.4, 0.5) is 5.69 Å². The average molecular weight is 462 g/mol. The molecule has 9 heteroatoms. The van der Waals surface area contributed by atoms with Crippen molar-refractivity contribution in [1.82, 2.24) is 20.1 Å². The van der Waals surface area contributed by atoms with Crippen LogP contribution < -0.4 is 10.6 Å². The summed E-state index contributed by atoms with van der Waals surface area (Å²) in [6, 6.07) is 18.6. The van der Waals surface area contributed by atoms with Crippen molar-refractivity contribution in [2.75, 3.05) is 5.32 Å². The standard InChI is InChI=1S/C24H23N5O3S/c1-16-27-28-24(29(16)21-9-4-8-20(13-21)26-17(2)30)33-15-18-6-3-7-19(12-18)23(31)25-14-22-10-5-11-32-22/h3-13H,14-15H2,1-2H3,(H,25,31)(H,26,30). The van der Waals surface area contributed by atoms with Gasteiger partial charge in [-0.2, -0.15) is 0 Å². The van der Waals surface area contributed by atoms with Crippen LogP contribution in [-0.4, -0.2) is 26.6 Å². The monoisotopic (exact) mass is 461 g/mol. The zero-order valence-corrected chi connectivity index (χ0v) is 19.1. The van der Waals surface area contributed by atoms with Gasteiger partial charge < -0.3 is 15.1 Å². The van der Waals surface area contributed by atoms with Gasteiger partial charge in [0, 0.05) is 23.9 Å². The van der Waals surface area contributed by atoms with Crippen molar-refractivity contribution in [2.45, 2.75) is 31.3 Å². The number of hydrogen-bond acceptors (Lipinski definition) is 6. The molecule has 0 aliphatic carbocycles. The zero-order chi connectivity index (χ0) is 23.2. The third kappa shape index (κ3) is 5.69. The van der Waals surface area contributed by atoms with E-state index >= 15 is 0 Å². The summed E-state index contributed by atoms with van der Waals surface area (Å²) >= 11 is 1.52. The Balaban J connectivity index is 1.45. The molecule has 0 fully saturated rings. The quantitative estimate of drug-likeness (QED) is 0.378. The molecule has 168 valence electrons. The highest BCUT2D eigenvalue weighted by atomic mass is 32.2. The number of rotatable bonds is 8. The average Bonchev–Trinajstić information content (AvgIpc) is 3.45. The molecule has 2 amide bonds. The van der Waals surface area contributed by atoms with Crippen LogP contribution in [0, 0.1) is 6.92 Å². The SMILES string of the molecule is CC(=O)Nc1cccc(-n2c(C)nnc2SCc2cccc(C(=O)NCc3ccco3)c2)c1. The van der Waals surface area contributed by atoms with Crippen molar-refractivity contribution >= 4 is 29.3 Å². The molecule has 0 saturated carbocycles. The second-order valence-electron chi connectivity index (χ2n) is 7.35. The Morgan fingerprint density at radius 3 is 2.70 bits per heavy atom. The molecular weight excluding hydrogens is 438 g/mol. The Kier molecular flexibility index (Phi) is 6.89. The summed E-state index contributed by atoms with van der Waals surface area (Å²) in [5.74, 6) is 1.77. The number of nitrogens with zero attached hydrogens (tertiary/aromatic N) is 3. The maximum atomic E-state index is 12.5. The van der Waals surface area contributed by atoms with E-state index in [2.05, 4.69) is 20.8 Å². The first-order valence-electron chi connectivity index (χ1n) is 10.3. The lowest BCUT2D eigenvalue weighted by molar-refractivity contribution is -0.114. The normalized spacial score (nSPS) is 10.7. The smallest absolute Gasteiger partial charge is 0.251 e. The first-order valence-corrected chi connectivity index (χ1v) is 11.3. The maximum Gasteiger partial charge on any atom is 0.251 e. The minimum absolute atomic E-state index is 0.129. The summed E-state index contributed by atoms with van der Waals surface area (Å²) in [6.07, 6.45) is 1.58. The number of hydrogen-bond donors (Lipinski definition) is 2. The van der Waals surface area contributed by atoms with Gasteiger partial charge in [0.1, 0.15) is 11.6 Å². The Morgan fingerprint density at radius 2 is 1.91 bits per heavy atom. The molecule has 0 spiro atoms. The number of aromatic nitrogens is 3. The molecule has 0 aliphatic heterocycles. The van der Waals surface area contributed by atoms with Crippen molar-refractivity contribution in [3.05, 3.63) is 89.6 Å². The van der Waals surface area contributed by atoms with Gasteiger partial charge in [0.2, 0.25) is 5.91 Å². The summed E-state index contributed by atoms with van der Waals surface area (Å²) in [7, 11) is 0. The predicted molar refractivity (Wildman–Crippen MR) is 126 cm³/mol. The van der Waals surface area contributed by atoms with Crippen molar-refractivity contribution in [3.8, 4) is 5.69 Å². The van der Waals surface area contributed by atoms with Crippen LogP contribution >= 0.6 is 11.8 Å². The van der Waals surface area contributed by atoms with E-state index in [-0.39, 0.29) is 11.8 Å². The van der Waals surface area contributed by atoms with Crippen molar-refractivity contribution < 1.29 is 14.0 Å². The lowest BCUT2D eigenvalue weighted by Gasteiger charge is -2.11. The molecular formula is C24H23N5O3S. The minimum atomic E-state index is -0.160. The highest BCUT2D eigenvalue weighted by Crippen LogP contribution is 2.26. The largest absolute Gasteiger partial charge is 0.467 e. The lowest BCUT2D eigenvalue weighted by atomic mass is 10.1. The van der Waals surface area contributed by atoms with Crippen LogP contribution in [0.1, 0.15) is 34.4 Å². The van der Waals surface area contributed by atoms with Gasteiger partial charge in [-0.3, -0.25) is 14.2 Å². The van der Waals surface area contributed by atoms with E-state index in [9.17, 15) is 9.59 Å². The van der Waals surface area contributed by atoms with Crippen molar-refractivity contribution in [3.63, 3.8) is 0 Å². The Hall–Kier alpha value is -3.85. The van der Waals surface area contributed by atoms with Crippen molar-refractivity contribution in [1.29, 1.82) is 0 Å². The second-order valence-corrected chi connectivity index (χ2v) is 8.29. The molecule has 2 heterocycles. The second kappa shape index (κ2) is 10.2. The predicted octanol–water partition coefficient (Wildman–Crippen LogP) is 4.35. The van der Waals surface area contributed by atoms with Crippen LogP contribution in [0.2, 0.25) is 0 Å². The molecule has 2 N–H and O–H groups in total. The third-order valence-electron chi connectivity index (χ3n) is 4.78. The van der Waals surface area contributed by atoms with Crippen LogP contribution in [0.15, 0.2) is 76.5 Å². The van der Waals surface area contributed by atoms with Gasteiger partial charge >= 0.3 is 0 Å². The number of thioether (sulfide) groups is 1. The van der Waals surface area contributed by atoms with Crippen molar-refractivity contribution in [2.24, 2.45) is 0 Å². The molecule has 0 unspecified atom stereocenters. The number of benzene rings is 2. The number of amides is 2. The van der Waals surface area contributed by atoms with Gasteiger partial charge in [-0.25, -0.2) is 0 Å². The zero-order valence-electron chi connectivity index (χ0n) is 18.2. The summed E-state index contributed by atoms with van der Waals surface area (Å²) in [6.45, 7) is 3.69. The maximum absolute atomic E-state index is 12.5. The highest BCUT2D eigenvalue weighted by molar-refractivity contribution is 7.98. The van der Waals surface area contributed by atoms with Gasteiger partial charge in [-0.1, -0.05) is 30.0 Å².